The van der Waals surface area contributed by atoms with E-state index in [9.17, 15) is 9.59 Å². The summed E-state index contributed by atoms with van der Waals surface area (Å²) in [5.74, 6) is 1.98. The maximum absolute atomic E-state index is 12.8. The zero-order valence-corrected chi connectivity index (χ0v) is 14.7. The van der Waals surface area contributed by atoms with Crippen LogP contribution in [-0.2, 0) is 9.59 Å². The second-order valence-corrected chi connectivity index (χ2v) is 7.28. The van der Waals surface area contributed by atoms with Gasteiger partial charge in [-0.1, -0.05) is 19.1 Å². The molecule has 0 unspecified atom stereocenters. The van der Waals surface area contributed by atoms with Crippen LogP contribution in [0.3, 0.4) is 0 Å². The molecule has 1 aromatic rings. The third-order valence-corrected chi connectivity index (χ3v) is 5.50. The van der Waals surface area contributed by atoms with E-state index < -0.39 is 0 Å². The number of para-hydroxylation sites is 2. The molecule has 2 aliphatic heterocycles. The third-order valence-electron chi connectivity index (χ3n) is 5.50. The fraction of sp³-hybridized carbons (Fsp3) is 0.579. The lowest BCUT2D eigenvalue weighted by Gasteiger charge is -2.36. The molecule has 3 aliphatic rings. The lowest BCUT2D eigenvalue weighted by Crippen LogP contribution is -2.52. The molecule has 2 amide bonds. The number of fused-ring (bicyclic) bond motifs is 1. The van der Waals surface area contributed by atoms with Gasteiger partial charge in [-0.2, -0.15) is 0 Å². The van der Waals surface area contributed by atoms with Crippen molar-refractivity contribution in [3.05, 3.63) is 24.3 Å². The van der Waals surface area contributed by atoms with E-state index in [0.717, 1.165) is 44.0 Å². The fourth-order valence-electron chi connectivity index (χ4n) is 3.73. The number of rotatable bonds is 3. The zero-order chi connectivity index (χ0) is 17.4. The maximum atomic E-state index is 12.8. The first kappa shape index (κ1) is 16.4. The van der Waals surface area contributed by atoms with Gasteiger partial charge >= 0.3 is 0 Å². The van der Waals surface area contributed by atoms with Crippen molar-refractivity contribution in [2.45, 2.75) is 13.3 Å². The molecule has 25 heavy (non-hydrogen) atoms. The number of ether oxygens (including phenoxy) is 1. The van der Waals surface area contributed by atoms with Crippen LogP contribution in [0.25, 0.3) is 0 Å². The van der Waals surface area contributed by atoms with Crippen LogP contribution in [0.1, 0.15) is 13.3 Å². The quantitative estimate of drug-likeness (QED) is 0.828. The molecular formula is C19H25N3O3. The molecule has 0 radical (unpaired) electrons. The lowest BCUT2D eigenvalue weighted by molar-refractivity contribution is -0.134. The molecule has 1 aliphatic carbocycles. The second kappa shape index (κ2) is 6.67. The number of anilines is 1. The first-order valence-electron chi connectivity index (χ1n) is 9.17. The third kappa shape index (κ3) is 3.35. The van der Waals surface area contributed by atoms with Gasteiger partial charge in [0.15, 0.2) is 0 Å². The number of piperazine rings is 1. The Kier molecular flexibility index (Phi) is 4.37. The second-order valence-electron chi connectivity index (χ2n) is 7.28. The molecule has 1 saturated heterocycles. The maximum Gasteiger partial charge on any atom is 0.241 e. The average molecular weight is 343 g/mol. The van der Waals surface area contributed by atoms with E-state index >= 15 is 0 Å². The SMILES string of the molecule is C[C@@H]1C[C@H]1C(=O)N1CCN(CC(=O)N2CCOc3ccccc32)CC1. The molecule has 1 saturated carbocycles. The van der Waals surface area contributed by atoms with E-state index in [1.54, 1.807) is 0 Å². The topological polar surface area (TPSA) is 53.1 Å². The number of carbonyl (C=O) groups is 2. The molecule has 6 nitrogen and oxygen atoms in total. The van der Waals surface area contributed by atoms with Crippen LogP contribution in [0.4, 0.5) is 5.69 Å². The highest BCUT2D eigenvalue weighted by molar-refractivity contribution is 5.96. The van der Waals surface area contributed by atoms with E-state index in [2.05, 4.69) is 11.8 Å². The van der Waals surface area contributed by atoms with Gasteiger partial charge in [-0.15, -0.1) is 0 Å². The molecule has 0 spiro atoms. The molecular weight excluding hydrogens is 318 g/mol. The summed E-state index contributed by atoms with van der Waals surface area (Å²) in [6.45, 7) is 6.66. The molecule has 0 N–H and O–H groups in total. The van der Waals surface area contributed by atoms with Crippen molar-refractivity contribution in [1.29, 1.82) is 0 Å². The van der Waals surface area contributed by atoms with Crippen molar-refractivity contribution in [2.75, 3.05) is 50.8 Å². The minimum absolute atomic E-state index is 0.103. The number of benzene rings is 1. The minimum atomic E-state index is 0.103. The standard InChI is InChI=1S/C19H25N3O3/c1-14-12-15(14)19(24)21-8-6-20(7-9-21)13-18(23)22-10-11-25-17-5-3-2-4-16(17)22/h2-5,14-15H,6-13H2,1H3/t14-,15-/m1/s1. The largest absolute Gasteiger partial charge is 0.490 e. The minimum Gasteiger partial charge on any atom is -0.490 e. The first-order chi connectivity index (χ1) is 12.1. The summed E-state index contributed by atoms with van der Waals surface area (Å²) in [6, 6.07) is 7.68. The molecule has 2 heterocycles. The van der Waals surface area contributed by atoms with Gasteiger partial charge in [-0.05, 0) is 24.5 Å². The van der Waals surface area contributed by atoms with Crippen LogP contribution < -0.4 is 9.64 Å². The molecule has 134 valence electrons. The Bertz CT molecular complexity index is 670. The van der Waals surface area contributed by atoms with Gasteiger partial charge in [0.1, 0.15) is 12.4 Å². The van der Waals surface area contributed by atoms with Crippen LogP contribution in [-0.4, -0.2) is 67.5 Å². The summed E-state index contributed by atoms with van der Waals surface area (Å²) in [5, 5.41) is 0. The fourth-order valence-corrected chi connectivity index (χ4v) is 3.73. The van der Waals surface area contributed by atoms with Crippen LogP contribution in [0, 0.1) is 11.8 Å². The van der Waals surface area contributed by atoms with E-state index in [1.165, 1.54) is 0 Å². The van der Waals surface area contributed by atoms with Crippen molar-refractivity contribution in [3.8, 4) is 5.75 Å². The average Bonchev–Trinajstić information content (AvgIpc) is 3.38. The van der Waals surface area contributed by atoms with Gasteiger partial charge in [0, 0.05) is 32.1 Å². The van der Waals surface area contributed by atoms with Crippen LogP contribution in [0.5, 0.6) is 5.75 Å². The zero-order valence-electron chi connectivity index (χ0n) is 14.7. The number of carbonyl (C=O) groups excluding carboxylic acids is 2. The summed E-state index contributed by atoms with van der Waals surface area (Å²) >= 11 is 0. The molecule has 0 aromatic heterocycles. The van der Waals surface area contributed by atoms with Gasteiger partial charge in [0.2, 0.25) is 11.8 Å². The lowest BCUT2D eigenvalue weighted by atomic mass is 10.2. The van der Waals surface area contributed by atoms with E-state index in [0.29, 0.717) is 31.5 Å². The summed E-state index contributed by atoms with van der Waals surface area (Å²) in [6.07, 6.45) is 1.04. The van der Waals surface area contributed by atoms with Crippen LogP contribution in [0.15, 0.2) is 24.3 Å². The van der Waals surface area contributed by atoms with Crippen molar-refractivity contribution >= 4 is 17.5 Å². The van der Waals surface area contributed by atoms with Crippen molar-refractivity contribution in [2.24, 2.45) is 11.8 Å². The van der Waals surface area contributed by atoms with Crippen molar-refractivity contribution in [1.82, 2.24) is 9.80 Å². The van der Waals surface area contributed by atoms with Crippen LogP contribution in [0.2, 0.25) is 0 Å². The van der Waals surface area contributed by atoms with Crippen molar-refractivity contribution < 1.29 is 14.3 Å². The molecule has 2 atom stereocenters. The highest BCUT2D eigenvalue weighted by atomic mass is 16.5. The van der Waals surface area contributed by atoms with Gasteiger partial charge in [-0.25, -0.2) is 0 Å². The Morgan fingerprint density at radius 3 is 2.56 bits per heavy atom. The number of hydrogen-bond acceptors (Lipinski definition) is 4. The summed E-state index contributed by atoms with van der Waals surface area (Å²) in [5.41, 5.74) is 0.857. The summed E-state index contributed by atoms with van der Waals surface area (Å²) in [4.78, 5) is 31.0. The molecule has 2 fully saturated rings. The number of amides is 2. The Balaban J connectivity index is 1.32. The van der Waals surface area contributed by atoms with Gasteiger partial charge in [0.25, 0.3) is 0 Å². The van der Waals surface area contributed by atoms with Gasteiger partial charge in [-0.3, -0.25) is 14.5 Å². The Morgan fingerprint density at radius 1 is 1.12 bits per heavy atom. The van der Waals surface area contributed by atoms with E-state index in [4.69, 9.17) is 4.74 Å². The van der Waals surface area contributed by atoms with Crippen LogP contribution >= 0.6 is 0 Å². The molecule has 4 rings (SSSR count). The van der Waals surface area contributed by atoms with Gasteiger partial charge < -0.3 is 14.5 Å². The smallest absolute Gasteiger partial charge is 0.241 e. The van der Waals surface area contributed by atoms with E-state index in [1.807, 2.05) is 34.1 Å². The summed E-state index contributed by atoms with van der Waals surface area (Å²) in [7, 11) is 0. The van der Waals surface area contributed by atoms with E-state index in [-0.39, 0.29) is 11.8 Å². The molecule has 6 heteroatoms. The predicted octanol–water partition coefficient (Wildman–Crippen LogP) is 1.21. The summed E-state index contributed by atoms with van der Waals surface area (Å²) < 4.78 is 5.62. The monoisotopic (exact) mass is 343 g/mol. The van der Waals surface area contributed by atoms with Gasteiger partial charge in [0.05, 0.1) is 18.8 Å². The van der Waals surface area contributed by atoms with Crippen molar-refractivity contribution in [3.63, 3.8) is 0 Å². The highest BCUT2D eigenvalue weighted by Gasteiger charge is 2.42. The predicted molar refractivity (Wildman–Crippen MR) is 94.6 cm³/mol. The molecule has 1 aromatic carbocycles. The normalized spacial score (nSPS) is 26.0. The first-order valence-corrected chi connectivity index (χ1v) is 9.17. The Morgan fingerprint density at radius 2 is 1.84 bits per heavy atom. The number of hydrogen-bond donors (Lipinski definition) is 0. The molecule has 0 bridgehead atoms. The Hall–Kier alpha value is -2.08. The number of nitrogens with zero attached hydrogens (tertiary/aromatic N) is 3. The highest BCUT2D eigenvalue weighted by Crippen LogP contribution is 2.39. The Labute approximate surface area is 148 Å².